The summed E-state index contributed by atoms with van der Waals surface area (Å²) in [6.07, 6.45) is 0. The quantitative estimate of drug-likeness (QED) is 0.166. The van der Waals surface area contributed by atoms with Crippen LogP contribution in [0, 0.1) is 0 Å². The Morgan fingerprint density at radius 3 is 0.935 bits per heavy atom. The second-order valence-corrected chi connectivity index (χ2v) is 12.1. The lowest BCUT2D eigenvalue weighted by Gasteiger charge is -2.06. The average molecular weight is 819 g/mol. The van der Waals surface area contributed by atoms with E-state index in [4.69, 9.17) is 0 Å². The van der Waals surface area contributed by atoms with E-state index in [1.165, 1.54) is 66.1 Å². The fraction of sp³-hybridized carbons (Fsp3) is 0.194. The maximum atomic E-state index is 2.24. The normalized spacial score (nSPS) is 8.97. The number of hydrogen-bond donors (Lipinski definition) is 0. The van der Waals surface area contributed by atoms with Crippen molar-refractivity contribution < 1.29 is 0 Å². The molecule has 9 aromatic rings. The molecule has 0 heterocycles. The average Bonchev–Trinajstić information content (AvgIpc) is 3.41. The zero-order valence-corrected chi connectivity index (χ0v) is 39.9. The number of benzene rings is 9. The molecule has 0 aromatic heterocycles. The Bertz CT molecular complexity index is 2330. The Labute approximate surface area is 378 Å². The number of rotatable bonds is 4. The van der Waals surface area contributed by atoms with Gasteiger partial charge in [-0.05, 0) is 78.2 Å². The van der Waals surface area contributed by atoms with Gasteiger partial charge in [0.2, 0.25) is 0 Å². The molecule has 0 fully saturated rings. The standard InChI is InChI=1S/C18H14.2C16H12.6C2H6/c1-3-8-15(9-4-1)17-12-7-13-18(14-17)16-10-5-2-6-11-16;1-2-7-13(8-3-1)16-12-6-10-14-9-4-5-11-15(14)16;1-2-6-13(7-3-1)16-11-10-14-8-4-5-9-15(14)12-16;6*1-2/h1-14H;2*1-12H;6*1-2H3. The van der Waals surface area contributed by atoms with E-state index in [1.54, 1.807) is 0 Å². The Kier molecular flexibility index (Phi) is 29.6. The largest absolute Gasteiger partial charge is 0.0683 e. The first kappa shape index (κ1) is 53.5. The molecule has 0 spiro atoms. The maximum Gasteiger partial charge on any atom is -0.0105 e. The first-order chi connectivity index (χ1) is 30.8. The minimum Gasteiger partial charge on any atom is -0.0683 e. The van der Waals surface area contributed by atoms with Crippen molar-refractivity contribution in [3.63, 3.8) is 0 Å². The molecule has 0 saturated heterocycles. The zero-order valence-electron chi connectivity index (χ0n) is 39.9. The third kappa shape index (κ3) is 17.2. The molecule has 322 valence electrons. The van der Waals surface area contributed by atoms with Gasteiger partial charge >= 0.3 is 0 Å². The molecule has 0 unspecified atom stereocenters. The van der Waals surface area contributed by atoms with E-state index in [0.29, 0.717) is 0 Å². The van der Waals surface area contributed by atoms with Crippen molar-refractivity contribution in [2.24, 2.45) is 0 Å². The van der Waals surface area contributed by atoms with Gasteiger partial charge in [0.05, 0.1) is 0 Å². The zero-order chi connectivity index (χ0) is 45.8. The lowest BCUT2D eigenvalue weighted by molar-refractivity contribution is 1.50. The van der Waals surface area contributed by atoms with Gasteiger partial charge in [-0.3, -0.25) is 0 Å². The van der Waals surface area contributed by atoms with Gasteiger partial charge in [0.15, 0.2) is 0 Å². The topological polar surface area (TPSA) is 0 Å². The Hall–Kier alpha value is -6.50. The van der Waals surface area contributed by atoms with E-state index in [-0.39, 0.29) is 0 Å². The van der Waals surface area contributed by atoms with Gasteiger partial charge in [-0.25, -0.2) is 0 Å². The van der Waals surface area contributed by atoms with Crippen molar-refractivity contribution in [3.05, 3.63) is 231 Å². The smallest absolute Gasteiger partial charge is 0.0105 e. The first-order valence-corrected chi connectivity index (χ1v) is 23.1. The fourth-order valence-electron chi connectivity index (χ4n) is 6.23. The molecule has 0 aliphatic carbocycles. The summed E-state index contributed by atoms with van der Waals surface area (Å²) in [4.78, 5) is 0. The van der Waals surface area contributed by atoms with Crippen LogP contribution in [0.4, 0.5) is 0 Å². The number of hydrogen-bond acceptors (Lipinski definition) is 0. The van der Waals surface area contributed by atoms with Crippen molar-refractivity contribution in [1.29, 1.82) is 0 Å². The van der Waals surface area contributed by atoms with E-state index >= 15 is 0 Å². The molecule has 62 heavy (non-hydrogen) atoms. The van der Waals surface area contributed by atoms with Crippen LogP contribution in [0.25, 0.3) is 66.1 Å². The summed E-state index contributed by atoms with van der Waals surface area (Å²) >= 11 is 0. The second kappa shape index (κ2) is 34.2. The third-order valence-corrected chi connectivity index (χ3v) is 8.81. The molecule has 0 atom stereocenters. The molecular formula is C62H74. The molecule has 9 aromatic carbocycles. The highest BCUT2D eigenvalue weighted by Gasteiger charge is 2.02. The molecule has 0 nitrogen and oxygen atoms in total. The molecule has 0 amide bonds. The molecule has 0 N–H and O–H groups in total. The minimum absolute atomic E-state index is 1.26. The van der Waals surface area contributed by atoms with Crippen LogP contribution < -0.4 is 0 Å². The van der Waals surface area contributed by atoms with E-state index < -0.39 is 0 Å². The van der Waals surface area contributed by atoms with Gasteiger partial charge in [-0.2, -0.15) is 0 Å². The van der Waals surface area contributed by atoms with Gasteiger partial charge < -0.3 is 0 Å². The molecule has 9 rings (SSSR count). The van der Waals surface area contributed by atoms with Crippen molar-refractivity contribution in [2.45, 2.75) is 83.1 Å². The molecule has 0 aliphatic heterocycles. The molecule has 0 saturated carbocycles. The SMILES string of the molecule is CC.CC.CC.CC.CC.CC.c1ccc(-c2ccc3ccccc3c2)cc1.c1ccc(-c2cccc(-c3ccccc3)c2)cc1.c1ccc(-c2cccc3ccccc23)cc1. The van der Waals surface area contributed by atoms with E-state index in [0.717, 1.165) is 0 Å². The van der Waals surface area contributed by atoms with Crippen LogP contribution in [0.1, 0.15) is 83.1 Å². The van der Waals surface area contributed by atoms with Crippen LogP contribution in [-0.2, 0) is 0 Å². The van der Waals surface area contributed by atoms with Gasteiger partial charge in [0.25, 0.3) is 0 Å². The van der Waals surface area contributed by atoms with Crippen LogP contribution in [0.15, 0.2) is 231 Å². The summed E-state index contributed by atoms with van der Waals surface area (Å²) in [6.45, 7) is 24.0. The molecule has 0 aliphatic rings. The van der Waals surface area contributed by atoms with E-state index in [1.807, 2.05) is 101 Å². The molecule has 0 radical (unpaired) electrons. The predicted molar refractivity (Wildman–Crippen MR) is 284 cm³/mol. The third-order valence-electron chi connectivity index (χ3n) is 8.81. The van der Waals surface area contributed by atoms with Gasteiger partial charge in [0.1, 0.15) is 0 Å². The maximum absolute atomic E-state index is 2.24. The van der Waals surface area contributed by atoms with E-state index in [9.17, 15) is 0 Å². The highest BCUT2D eigenvalue weighted by molar-refractivity contribution is 5.96. The Morgan fingerprint density at radius 1 is 0.177 bits per heavy atom. The summed E-state index contributed by atoms with van der Waals surface area (Å²) in [6, 6.07) is 80.6. The monoisotopic (exact) mass is 819 g/mol. The molecule has 0 heteroatoms. The predicted octanol–water partition coefficient (Wildman–Crippen LogP) is 20.2. The highest BCUT2D eigenvalue weighted by Crippen LogP contribution is 2.29. The Morgan fingerprint density at radius 2 is 0.484 bits per heavy atom. The van der Waals surface area contributed by atoms with Crippen LogP contribution in [0.5, 0.6) is 0 Å². The summed E-state index contributed by atoms with van der Waals surface area (Å²) in [5, 5.41) is 5.20. The molecule has 0 bridgehead atoms. The van der Waals surface area contributed by atoms with Crippen LogP contribution in [-0.4, -0.2) is 0 Å². The summed E-state index contributed by atoms with van der Waals surface area (Å²) in [5.41, 5.74) is 10.2. The summed E-state index contributed by atoms with van der Waals surface area (Å²) in [5.74, 6) is 0. The van der Waals surface area contributed by atoms with Crippen molar-refractivity contribution in [1.82, 2.24) is 0 Å². The van der Waals surface area contributed by atoms with Crippen LogP contribution in [0.3, 0.4) is 0 Å². The van der Waals surface area contributed by atoms with Gasteiger partial charge in [-0.1, -0.05) is 301 Å². The highest BCUT2D eigenvalue weighted by atomic mass is 14.1. The van der Waals surface area contributed by atoms with E-state index in [2.05, 4.69) is 212 Å². The lowest BCUT2D eigenvalue weighted by Crippen LogP contribution is -1.80. The second-order valence-electron chi connectivity index (χ2n) is 12.1. The lowest BCUT2D eigenvalue weighted by atomic mass is 9.98. The minimum atomic E-state index is 1.26. The van der Waals surface area contributed by atoms with Crippen molar-refractivity contribution in [3.8, 4) is 44.5 Å². The Balaban J connectivity index is 0.000000415. The number of fused-ring (bicyclic) bond motifs is 2. The van der Waals surface area contributed by atoms with Crippen LogP contribution >= 0.6 is 0 Å². The summed E-state index contributed by atoms with van der Waals surface area (Å²) < 4.78 is 0. The van der Waals surface area contributed by atoms with Gasteiger partial charge in [0, 0.05) is 0 Å². The van der Waals surface area contributed by atoms with Gasteiger partial charge in [-0.15, -0.1) is 0 Å². The summed E-state index contributed by atoms with van der Waals surface area (Å²) in [7, 11) is 0. The van der Waals surface area contributed by atoms with Crippen molar-refractivity contribution >= 4 is 21.5 Å². The van der Waals surface area contributed by atoms with Crippen molar-refractivity contribution in [2.75, 3.05) is 0 Å². The first-order valence-electron chi connectivity index (χ1n) is 23.1. The molecular weight excluding hydrogens is 745 g/mol. The fourth-order valence-corrected chi connectivity index (χ4v) is 6.23. The van der Waals surface area contributed by atoms with Crippen LogP contribution in [0.2, 0.25) is 0 Å².